The largest absolute Gasteiger partial charge is 0.277 e. The zero-order chi connectivity index (χ0) is 14.6. The molecule has 0 amide bonds. The Morgan fingerprint density at radius 2 is 1.95 bits per heavy atom. The molecule has 0 bridgehead atoms. The fourth-order valence-electron chi connectivity index (χ4n) is 1.74. The third-order valence-electron chi connectivity index (χ3n) is 2.68. The maximum absolute atomic E-state index is 11.8. The van der Waals surface area contributed by atoms with E-state index in [9.17, 15) is 8.42 Å². The van der Waals surface area contributed by atoms with E-state index in [0.29, 0.717) is 12.5 Å². The van der Waals surface area contributed by atoms with Gasteiger partial charge in [0.15, 0.2) is 0 Å². The van der Waals surface area contributed by atoms with E-state index in [1.165, 1.54) is 0 Å². The van der Waals surface area contributed by atoms with Crippen molar-refractivity contribution in [1.82, 2.24) is 14.4 Å². The summed E-state index contributed by atoms with van der Waals surface area (Å²) in [5, 5.41) is 0.838. The highest BCUT2D eigenvalue weighted by Gasteiger charge is 2.23. The molecule has 0 aliphatic rings. The number of aryl methyl sites for hydroxylation is 2. The van der Waals surface area contributed by atoms with Crippen LogP contribution in [0.25, 0.3) is 0 Å². The monoisotopic (exact) mass is 305 g/mol. The van der Waals surface area contributed by atoms with Gasteiger partial charge in [0.1, 0.15) is 5.01 Å². The Balaban J connectivity index is 2.95. The predicted octanol–water partition coefficient (Wildman–Crippen LogP) is 2.29. The lowest BCUT2D eigenvalue weighted by atomic mass is 10.1. The van der Waals surface area contributed by atoms with Crippen LogP contribution in [0.1, 0.15) is 48.8 Å². The minimum atomic E-state index is -3.46. The zero-order valence-corrected chi connectivity index (χ0v) is 13.8. The van der Waals surface area contributed by atoms with Crippen LogP contribution >= 0.6 is 11.3 Å². The Bertz CT molecular complexity index is 490. The summed E-state index contributed by atoms with van der Waals surface area (Å²) in [6.07, 6.45) is 0.733. The van der Waals surface area contributed by atoms with Gasteiger partial charge in [-0.2, -0.15) is 13.1 Å². The maximum Gasteiger partial charge on any atom is 0.277 e. The first kappa shape index (κ1) is 16.6. The number of hydrogen-bond acceptors (Lipinski definition) is 4. The van der Waals surface area contributed by atoms with Crippen LogP contribution in [-0.2, 0) is 10.2 Å². The van der Waals surface area contributed by atoms with Gasteiger partial charge in [-0.3, -0.25) is 0 Å². The maximum atomic E-state index is 11.8. The van der Waals surface area contributed by atoms with Crippen LogP contribution in [0.5, 0.6) is 0 Å². The van der Waals surface area contributed by atoms with Crippen molar-refractivity contribution < 1.29 is 8.42 Å². The molecule has 0 spiro atoms. The molecule has 0 saturated heterocycles. The highest BCUT2D eigenvalue weighted by Crippen LogP contribution is 2.27. The lowest BCUT2D eigenvalue weighted by Crippen LogP contribution is -2.39. The molecule has 2 N–H and O–H groups in total. The molecule has 0 aliphatic heterocycles. The Morgan fingerprint density at radius 3 is 2.37 bits per heavy atom. The third kappa shape index (κ3) is 5.18. The Labute approximate surface area is 120 Å². The summed E-state index contributed by atoms with van der Waals surface area (Å²) in [5.74, 6) is 0.388. The molecule has 1 heterocycles. The van der Waals surface area contributed by atoms with Crippen molar-refractivity contribution in [3.05, 3.63) is 15.6 Å². The molecule has 1 atom stereocenters. The molecule has 0 aromatic carbocycles. The van der Waals surface area contributed by atoms with E-state index in [-0.39, 0.29) is 6.04 Å². The summed E-state index contributed by atoms with van der Waals surface area (Å²) in [5.41, 5.74) is 0.969. The van der Waals surface area contributed by atoms with E-state index >= 15 is 0 Å². The second-order valence-corrected chi connectivity index (χ2v) is 7.76. The molecule has 1 aromatic heterocycles. The van der Waals surface area contributed by atoms with Crippen molar-refractivity contribution in [3.63, 3.8) is 0 Å². The van der Waals surface area contributed by atoms with E-state index in [1.54, 1.807) is 18.3 Å². The number of hydrogen-bond donors (Lipinski definition) is 2. The lowest BCUT2D eigenvalue weighted by Gasteiger charge is -2.18. The zero-order valence-electron chi connectivity index (χ0n) is 12.1. The molecule has 0 radical (unpaired) electrons. The highest BCUT2D eigenvalue weighted by molar-refractivity contribution is 7.87. The van der Waals surface area contributed by atoms with Gasteiger partial charge >= 0.3 is 0 Å². The summed E-state index contributed by atoms with van der Waals surface area (Å²) < 4.78 is 28.8. The standard InChI is InChI=1S/C12H23N3O2S2/c1-6-13-19(16,17)15-11(7-8(2)3)12-14-9(4)10(5)18-12/h8,11,13,15H,6-7H2,1-5H3. The van der Waals surface area contributed by atoms with E-state index in [4.69, 9.17) is 0 Å². The van der Waals surface area contributed by atoms with Gasteiger partial charge in [-0.05, 0) is 26.2 Å². The van der Waals surface area contributed by atoms with Crippen LogP contribution in [-0.4, -0.2) is 19.9 Å². The van der Waals surface area contributed by atoms with Crippen LogP contribution in [0.3, 0.4) is 0 Å². The molecule has 0 fully saturated rings. The van der Waals surface area contributed by atoms with Crippen molar-refractivity contribution in [3.8, 4) is 0 Å². The van der Waals surface area contributed by atoms with E-state index in [0.717, 1.165) is 22.0 Å². The normalized spacial score (nSPS) is 14.0. The lowest BCUT2D eigenvalue weighted by molar-refractivity contribution is 0.467. The van der Waals surface area contributed by atoms with Crippen LogP contribution < -0.4 is 9.44 Å². The fourth-order valence-corrected chi connectivity index (χ4v) is 3.84. The van der Waals surface area contributed by atoms with E-state index < -0.39 is 10.2 Å². The number of thiazole rings is 1. The summed E-state index contributed by atoms with van der Waals surface area (Å²) in [6, 6.07) is -0.263. The Morgan fingerprint density at radius 1 is 1.32 bits per heavy atom. The SMILES string of the molecule is CCNS(=O)(=O)NC(CC(C)C)c1nc(C)c(C)s1. The molecule has 19 heavy (non-hydrogen) atoms. The van der Waals surface area contributed by atoms with Gasteiger partial charge < -0.3 is 0 Å². The minimum absolute atomic E-state index is 0.263. The topological polar surface area (TPSA) is 71.1 Å². The average Bonchev–Trinajstić information content (AvgIpc) is 2.57. The molecule has 1 rings (SSSR count). The molecule has 1 aromatic rings. The number of nitrogens with one attached hydrogen (secondary N) is 2. The van der Waals surface area contributed by atoms with Crippen molar-refractivity contribution in [2.75, 3.05) is 6.54 Å². The smallest absolute Gasteiger partial charge is 0.245 e. The second kappa shape index (κ2) is 6.78. The molecule has 7 heteroatoms. The summed E-state index contributed by atoms with van der Waals surface area (Å²) in [6.45, 7) is 10.2. The van der Waals surface area contributed by atoms with Gasteiger partial charge in [-0.25, -0.2) is 9.71 Å². The van der Waals surface area contributed by atoms with Gasteiger partial charge in [0.05, 0.1) is 11.7 Å². The molecular formula is C12H23N3O2S2. The average molecular weight is 305 g/mol. The van der Waals surface area contributed by atoms with Crippen molar-refractivity contribution >= 4 is 21.5 Å². The number of aromatic nitrogens is 1. The quantitative estimate of drug-likeness (QED) is 0.812. The Kier molecular flexibility index (Phi) is 5.91. The highest BCUT2D eigenvalue weighted by atomic mass is 32.2. The van der Waals surface area contributed by atoms with E-state index in [2.05, 4.69) is 28.3 Å². The number of rotatable bonds is 7. The summed E-state index contributed by atoms with van der Waals surface area (Å²) >= 11 is 1.56. The first-order valence-corrected chi connectivity index (χ1v) is 8.76. The molecule has 1 unspecified atom stereocenters. The van der Waals surface area contributed by atoms with Crippen LogP contribution in [0.15, 0.2) is 0 Å². The van der Waals surface area contributed by atoms with Crippen LogP contribution in [0.2, 0.25) is 0 Å². The molecule has 5 nitrogen and oxygen atoms in total. The summed E-state index contributed by atoms with van der Waals surface area (Å²) in [4.78, 5) is 5.60. The fraction of sp³-hybridized carbons (Fsp3) is 0.750. The number of nitrogens with zero attached hydrogens (tertiary/aromatic N) is 1. The van der Waals surface area contributed by atoms with E-state index in [1.807, 2.05) is 13.8 Å². The molecule has 0 saturated carbocycles. The van der Waals surface area contributed by atoms with Crippen molar-refractivity contribution in [2.45, 2.75) is 47.1 Å². The Hall–Kier alpha value is -0.500. The van der Waals surface area contributed by atoms with Crippen molar-refractivity contribution in [1.29, 1.82) is 0 Å². The minimum Gasteiger partial charge on any atom is -0.245 e. The third-order valence-corrected chi connectivity index (χ3v) is 5.13. The first-order valence-electron chi connectivity index (χ1n) is 6.46. The van der Waals surface area contributed by atoms with Crippen LogP contribution in [0.4, 0.5) is 0 Å². The van der Waals surface area contributed by atoms with Gasteiger partial charge in [0.2, 0.25) is 0 Å². The summed E-state index contributed by atoms with van der Waals surface area (Å²) in [7, 11) is -3.46. The van der Waals surface area contributed by atoms with Gasteiger partial charge in [0.25, 0.3) is 10.2 Å². The molecule has 0 aliphatic carbocycles. The van der Waals surface area contributed by atoms with Gasteiger partial charge in [-0.15, -0.1) is 11.3 Å². The van der Waals surface area contributed by atoms with Crippen molar-refractivity contribution in [2.24, 2.45) is 5.92 Å². The van der Waals surface area contributed by atoms with Gasteiger partial charge in [0, 0.05) is 11.4 Å². The predicted molar refractivity (Wildman–Crippen MR) is 79.5 cm³/mol. The van der Waals surface area contributed by atoms with Gasteiger partial charge in [-0.1, -0.05) is 20.8 Å². The first-order chi connectivity index (χ1) is 8.75. The van der Waals surface area contributed by atoms with Crippen LogP contribution in [0, 0.1) is 19.8 Å². The second-order valence-electron chi connectivity index (χ2n) is 5.00. The molecule has 110 valence electrons. The molecular weight excluding hydrogens is 282 g/mol.